The first-order chi connectivity index (χ1) is 10.2. The van der Waals surface area contributed by atoms with Gasteiger partial charge in [0, 0.05) is 5.92 Å². The predicted molar refractivity (Wildman–Crippen MR) is 86.5 cm³/mol. The summed E-state index contributed by atoms with van der Waals surface area (Å²) in [4.78, 5) is 0. The lowest BCUT2D eigenvalue weighted by Gasteiger charge is -2.18. The lowest BCUT2D eigenvalue weighted by molar-refractivity contribution is 0.576. The Balaban J connectivity index is 2.85. The fourth-order valence-electron chi connectivity index (χ4n) is 2.65. The molecule has 1 atom stereocenters. The van der Waals surface area contributed by atoms with Gasteiger partial charge in [0.1, 0.15) is 17.7 Å². The molecule has 1 unspecified atom stereocenters. The van der Waals surface area contributed by atoms with Crippen LogP contribution in [0.1, 0.15) is 63.9 Å². The molecule has 0 bridgehead atoms. The molecule has 0 aliphatic heterocycles. The van der Waals surface area contributed by atoms with Crippen LogP contribution in [0.3, 0.4) is 0 Å². The van der Waals surface area contributed by atoms with E-state index in [-0.39, 0.29) is 11.5 Å². The maximum Gasteiger partial charge on any atom is 0.129 e. The van der Waals surface area contributed by atoms with Gasteiger partial charge >= 0.3 is 0 Å². The van der Waals surface area contributed by atoms with E-state index in [2.05, 4.69) is 19.1 Å². The van der Waals surface area contributed by atoms with Gasteiger partial charge in [-0.25, -0.2) is 0 Å². The highest BCUT2D eigenvalue weighted by molar-refractivity contribution is 5.44. The summed E-state index contributed by atoms with van der Waals surface area (Å²) in [5.41, 5.74) is 2.37. The third kappa shape index (κ3) is 5.44. The third-order valence-electron chi connectivity index (χ3n) is 3.94. The number of hydrogen-bond acceptors (Lipinski definition) is 2. The van der Waals surface area contributed by atoms with E-state index in [1.165, 1.54) is 31.2 Å². The predicted octanol–water partition coefficient (Wildman–Crippen LogP) is 5.49. The fourth-order valence-corrected chi connectivity index (χ4v) is 2.65. The van der Waals surface area contributed by atoms with Gasteiger partial charge in [0.15, 0.2) is 0 Å². The Bertz CT molecular complexity index is 513. The van der Waals surface area contributed by atoms with Gasteiger partial charge in [0.05, 0.1) is 0 Å². The first kappa shape index (κ1) is 17.0. The summed E-state index contributed by atoms with van der Waals surface area (Å²) in [6.07, 6.45) is 7.16. The van der Waals surface area contributed by atoms with Crippen LogP contribution >= 0.6 is 0 Å². The summed E-state index contributed by atoms with van der Waals surface area (Å²) in [6.45, 7) is 4.14. The van der Waals surface area contributed by atoms with Crippen molar-refractivity contribution in [1.82, 2.24) is 0 Å². The molecule has 0 N–H and O–H groups in total. The molecule has 0 amide bonds. The van der Waals surface area contributed by atoms with Crippen LogP contribution in [0.2, 0.25) is 0 Å². The third-order valence-corrected chi connectivity index (χ3v) is 3.94. The molecule has 0 fully saturated rings. The SMILES string of the molecule is CCCCCCCC(C(C)=C(C#N)C#N)c1ccccc1. The van der Waals surface area contributed by atoms with Crippen LogP contribution in [0, 0.1) is 22.7 Å². The topological polar surface area (TPSA) is 47.6 Å². The zero-order valence-corrected chi connectivity index (χ0v) is 13.1. The molecule has 2 heteroatoms. The fraction of sp³-hybridized carbons (Fsp3) is 0.474. The van der Waals surface area contributed by atoms with Gasteiger partial charge in [-0.05, 0) is 24.5 Å². The van der Waals surface area contributed by atoms with Crippen LogP contribution in [0.15, 0.2) is 41.5 Å². The van der Waals surface area contributed by atoms with E-state index in [1.807, 2.05) is 37.3 Å². The Labute approximate surface area is 128 Å². The maximum atomic E-state index is 9.10. The Morgan fingerprint density at radius 1 is 1.00 bits per heavy atom. The second kappa shape index (κ2) is 9.78. The summed E-state index contributed by atoms with van der Waals surface area (Å²) in [7, 11) is 0. The summed E-state index contributed by atoms with van der Waals surface area (Å²) in [5, 5.41) is 18.2. The molecule has 1 rings (SSSR count). The van der Waals surface area contributed by atoms with Gasteiger partial charge in [-0.3, -0.25) is 0 Å². The molecule has 2 nitrogen and oxygen atoms in total. The molecule has 110 valence electrons. The molecule has 0 saturated carbocycles. The molecule has 1 aromatic carbocycles. The minimum atomic E-state index is 0.183. The quantitative estimate of drug-likeness (QED) is 0.466. The van der Waals surface area contributed by atoms with E-state index < -0.39 is 0 Å². The van der Waals surface area contributed by atoms with Gasteiger partial charge in [0.2, 0.25) is 0 Å². The zero-order chi connectivity index (χ0) is 15.5. The van der Waals surface area contributed by atoms with Crippen LogP contribution in [0.25, 0.3) is 0 Å². The van der Waals surface area contributed by atoms with Crippen molar-refractivity contribution >= 4 is 0 Å². The van der Waals surface area contributed by atoms with Crippen molar-refractivity contribution in [2.24, 2.45) is 0 Å². The number of nitrogens with zero attached hydrogens (tertiary/aromatic N) is 2. The van der Waals surface area contributed by atoms with Crippen LogP contribution in [-0.2, 0) is 0 Å². The Hall–Kier alpha value is -2.06. The second-order valence-electron chi connectivity index (χ2n) is 5.45. The van der Waals surface area contributed by atoms with Crippen LogP contribution in [-0.4, -0.2) is 0 Å². The van der Waals surface area contributed by atoms with E-state index in [0.29, 0.717) is 0 Å². The molecule has 0 saturated heterocycles. The van der Waals surface area contributed by atoms with Gasteiger partial charge in [-0.2, -0.15) is 10.5 Å². The molecule has 0 aliphatic carbocycles. The lowest BCUT2D eigenvalue weighted by Crippen LogP contribution is -2.03. The zero-order valence-electron chi connectivity index (χ0n) is 13.1. The smallest absolute Gasteiger partial charge is 0.129 e. The highest BCUT2D eigenvalue weighted by atomic mass is 14.3. The molecular weight excluding hydrogens is 256 g/mol. The molecule has 0 spiro atoms. The molecule has 0 aliphatic rings. The Kier molecular flexibility index (Phi) is 7.92. The minimum absolute atomic E-state index is 0.183. The monoisotopic (exact) mass is 280 g/mol. The van der Waals surface area contributed by atoms with Crippen LogP contribution in [0.5, 0.6) is 0 Å². The van der Waals surface area contributed by atoms with Crippen molar-refractivity contribution in [3.63, 3.8) is 0 Å². The number of nitriles is 2. The van der Waals surface area contributed by atoms with E-state index in [9.17, 15) is 0 Å². The second-order valence-corrected chi connectivity index (χ2v) is 5.45. The number of rotatable bonds is 8. The number of hydrogen-bond donors (Lipinski definition) is 0. The molecular formula is C19H24N2. The van der Waals surface area contributed by atoms with Crippen LogP contribution in [0.4, 0.5) is 0 Å². The van der Waals surface area contributed by atoms with Crippen molar-refractivity contribution in [3.8, 4) is 12.1 Å². The Morgan fingerprint density at radius 2 is 1.62 bits per heavy atom. The van der Waals surface area contributed by atoms with Crippen molar-refractivity contribution < 1.29 is 0 Å². The number of benzene rings is 1. The molecule has 0 radical (unpaired) electrons. The number of unbranched alkanes of at least 4 members (excludes halogenated alkanes) is 4. The highest BCUT2D eigenvalue weighted by Crippen LogP contribution is 2.31. The van der Waals surface area contributed by atoms with E-state index in [4.69, 9.17) is 10.5 Å². The summed E-state index contributed by atoms with van der Waals surface area (Å²) >= 11 is 0. The highest BCUT2D eigenvalue weighted by Gasteiger charge is 2.16. The Morgan fingerprint density at radius 3 is 2.19 bits per heavy atom. The maximum absolute atomic E-state index is 9.10. The number of allylic oxidation sites excluding steroid dienone is 2. The van der Waals surface area contributed by atoms with Gasteiger partial charge < -0.3 is 0 Å². The van der Waals surface area contributed by atoms with Crippen LogP contribution < -0.4 is 0 Å². The summed E-state index contributed by atoms with van der Waals surface area (Å²) in [6, 6.07) is 14.3. The van der Waals surface area contributed by atoms with Crippen molar-refractivity contribution in [2.45, 2.75) is 58.3 Å². The average Bonchev–Trinajstić information content (AvgIpc) is 2.53. The first-order valence-corrected chi connectivity index (χ1v) is 7.80. The lowest BCUT2D eigenvalue weighted by atomic mass is 9.85. The first-order valence-electron chi connectivity index (χ1n) is 7.80. The average molecular weight is 280 g/mol. The summed E-state index contributed by atoms with van der Waals surface area (Å²) in [5.74, 6) is 0.183. The van der Waals surface area contributed by atoms with Crippen molar-refractivity contribution in [1.29, 1.82) is 10.5 Å². The van der Waals surface area contributed by atoms with E-state index in [0.717, 1.165) is 18.4 Å². The van der Waals surface area contributed by atoms with Crippen molar-refractivity contribution in [2.75, 3.05) is 0 Å². The summed E-state index contributed by atoms with van der Waals surface area (Å²) < 4.78 is 0. The minimum Gasteiger partial charge on any atom is -0.192 e. The largest absolute Gasteiger partial charge is 0.192 e. The standard InChI is InChI=1S/C19H24N2/c1-3-4-5-6-10-13-19(16(2)18(14-20)15-21)17-11-8-7-9-12-17/h7-9,11-12,19H,3-6,10,13H2,1-2H3. The molecule has 21 heavy (non-hydrogen) atoms. The molecule has 0 aromatic heterocycles. The van der Waals surface area contributed by atoms with Crippen molar-refractivity contribution in [3.05, 3.63) is 47.0 Å². The molecule has 0 heterocycles. The van der Waals surface area contributed by atoms with Gasteiger partial charge in [0.25, 0.3) is 0 Å². The van der Waals surface area contributed by atoms with E-state index in [1.54, 1.807) is 0 Å². The van der Waals surface area contributed by atoms with Gasteiger partial charge in [-0.15, -0.1) is 0 Å². The molecule has 1 aromatic rings. The van der Waals surface area contributed by atoms with Gasteiger partial charge in [-0.1, -0.05) is 69.4 Å². The normalized spacial score (nSPS) is 11.2. The van der Waals surface area contributed by atoms with E-state index >= 15 is 0 Å².